The highest BCUT2D eigenvalue weighted by Crippen LogP contribution is 2.38. The maximum atomic E-state index is 12.0. The average Bonchev–Trinajstić information content (AvgIpc) is 3.15. The number of aryl methyl sites for hydroxylation is 1. The van der Waals surface area contributed by atoms with E-state index in [1.54, 1.807) is 6.92 Å². The van der Waals surface area contributed by atoms with Crippen molar-refractivity contribution in [1.82, 2.24) is 0 Å². The van der Waals surface area contributed by atoms with Crippen LogP contribution in [0.5, 0.6) is 0 Å². The van der Waals surface area contributed by atoms with Gasteiger partial charge in [-0.1, -0.05) is 6.92 Å². The predicted octanol–water partition coefficient (Wildman–Crippen LogP) is 2.68. The third-order valence-electron chi connectivity index (χ3n) is 3.88. The summed E-state index contributed by atoms with van der Waals surface area (Å²) in [5.41, 5.74) is 1.15. The van der Waals surface area contributed by atoms with E-state index in [1.165, 1.54) is 11.3 Å². The van der Waals surface area contributed by atoms with Crippen molar-refractivity contribution in [2.24, 2.45) is 11.8 Å². The Morgan fingerprint density at radius 3 is 2.48 bits per heavy atom. The summed E-state index contributed by atoms with van der Waals surface area (Å²) in [5.74, 6) is -1.00. The predicted molar refractivity (Wildman–Crippen MR) is 86.6 cm³/mol. The van der Waals surface area contributed by atoms with Gasteiger partial charge in [0.1, 0.15) is 5.00 Å². The molecule has 1 saturated carbocycles. The molecule has 7 heteroatoms. The van der Waals surface area contributed by atoms with E-state index in [1.807, 2.05) is 20.8 Å². The summed E-state index contributed by atoms with van der Waals surface area (Å²) in [5, 5.41) is 3.07. The Bertz CT molecular complexity index is 637. The molecule has 0 aliphatic heterocycles. The third-order valence-corrected chi connectivity index (χ3v) is 5.00. The number of hydrogen-bond donors (Lipinski definition) is 1. The molecule has 126 valence electrons. The van der Waals surface area contributed by atoms with Crippen LogP contribution in [0.15, 0.2) is 0 Å². The van der Waals surface area contributed by atoms with Gasteiger partial charge in [-0.3, -0.25) is 9.59 Å². The molecule has 2 rings (SSSR count). The summed E-state index contributed by atoms with van der Waals surface area (Å²) in [6.45, 7) is 7.28. The van der Waals surface area contributed by atoms with Gasteiger partial charge >= 0.3 is 11.9 Å². The zero-order valence-corrected chi connectivity index (χ0v) is 14.5. The van der Waals surface area contributed by atoms with Crippen LogP contribution in [0.4, 0.5) is 5.00 Å². The second-order valence-electron chi connectivity index (χ2n) is 5.68. The highest BCUT2D eigenvalue weighted by atomic mass is 32.1. The molecule has 1 N–H and O–H groups in total. The minimum atomic E-state index is -0.464. The van der Waals surface area contributed by atoms with Crippen LogP contribution in [0, 0.1) is 25.7 Å². The van der Waals surface area contributed by atoms with Crippen molar-refractivity contribution in [3.63, 3.8) is 0 Å². The number of carbonyl (C=O) groups is 3. The Kier molecular flexibility index (Phi) is 5.41. The number of anilines is 1. The first kappa shape index (κ1) is 17.5. The van der Waals surface area contributed by atoms with Gasteiger partial charge in [0.15, 0.2) is 6.61 Å². The van der Waals surface area contributed by atoms with Gasteiger partial charge in [-0.05, 0) is 38.7 Å². The molecule has 1 aliphatic rings. The summed E-state index contributed by atoms with van der Waals surface area (Å²) in [4.78, 5) is 36.5. The fourth-order valence-corrected chi connectivity index (χ4v) is 3.29. The molecule has 1 amide bonds. The highest BCUT2D eigenvalue weighted by Gasteiger charge is 2.40. The van der Waals surface area contributed by atoms with Crippen molar-refractivity contribution < 1.29 is 23.9 Å². The molecule has 1 aliphatic carbocycles. The van der Waals surface area contributed by atoms with Crippen LogP contribution >= 0.6 is 11.3 Å². The lowest BCUT2D eigenvalue weighted by atomic mass is 10.1. The van der Waals surface area contributed by atoms with Crippen LogP contribution in [0.1, 0.15) is 41.1 Å². The van der Waals surface area contributed by atoms with Crippen LogP contribution in [0.2, 0.25) is 0 Å². The van der Waals surface area contributed by atoms with Crippen molar-refractivity contribution in [2.45, 2.75) is 34.1 Å². The maximum Gasteiger partial charge on any atom is 0.341 e. The maximum absolute atomic E-state index is 12.0. The average molecular weight is 339 g/mol. The molecule has 6 nitrogen and oxygen atoms in total. The van der Waals surface area contributed by atoms with Crippen molar-refractivity contribution >= 4 is 34.2 Å². The molecule has 1 fully saturated rings. The standard InChI is InChI=1S/C16H21NO5S/c1-5-21-16(20)13-9(3)10(4)23-14(13)17-12(18)7-22-15(19)11-6-8(11)2/h8,11H,5-7H2,1-4H3,(H,17,18)/t8-,11+/m1/s1. The van der Waals surface area contributed by atoms with Crippen molar-refractivity contribution in [1.29, 1.82) is 0 Å². The topological polar surface area (TPSA) is 81.7 Å². The number of rotatable bonds is 6. The quantitative estimate of drug-likeness (QED) is 0.806. The second-order valence-corrected chi connectivity index (χ2v) is 6.91. The monoisotopic (exact) mass is 339 g/mol. The Labute approximate surface area is 139 Å². The fourth-order valence-electron chi connectivity index (χ4n) is 2.22. The van der Waals surface area contributed by atoms with E-state index in [-0.39, 0.29) is 25.1 Å². The lowest BCUT2D eigenvalue weighted by molar-refractivity contribution is -0.148. The summed E-state index contributed by atoms with van der Waals surface area (Å²) < 4.78 is 10.0. The molecule has 0 unspecified atom stereocenters. The second kappa shape index (κ2) is 7.12. The normalized spacial score (nSPS) is 19.1. The zero-order valence-electron chi connectivity index (χ0n) is 13.7. The minimum Gasteiger partial charge on any atom is -0.462 e. The Hall–Kier alpha value is -1.89. The smallest absolute Gasteiger partial charge is 0.341 e. The van der Waals surface area contributed by atoms with Gasteiger partial charge in [0, 0.05) is 4.88 Å². The molecular formula is C16H21NO5S. The molecule has 23 heavy (non-hydrogen) atoms. The van der Waals surface area contributed by atoms with Gasteiger partial charge in [0.2, 0.25) is 0 Å². The number of carbonyl (C=O) groups excluding carboxylic acids is 3. The third kappa shape index (κ3) is 4.10. The van der Waals surface area contributed by atoms with E-state index in [0.717, 1.165) is 16.9 Å². The van der Waals surface area contributed by atoms with Crippen molar-refractivity contribution in [3.8, 4) is 0 Å². The van der Waals surface area contributed by atoms with Gasteiger partial charge in [0.25, 0.3) is 5.91 Å². The molecule has 0 aromatic carbocycles. The van der Waals surface area contributed by atoms with E-state index in [2.05, 4.69) is 5.32 Å². The molecule has 2 atom stereocenters. The van der Waals surface area contributed by atoms with E-state index >= 15 is 0 Å². The first-order valence-electron chi connectivity index (χ1n) is 7.58. The van der Waals surface area contributed by atoms with Crippen molar-refractivity contribution in [3.05, 3.63) is 16.0 Å². The van der Waals surface area contributed by atoms with Gasteiger partial charge in [0.05, 0.1) is 18.1 Å². The molecule has 1 aromatic rings. The largest absolute Gasteiger partial charge is 0.462 e. The summed E-state index contributed by atoms with van der Waals surface area (Å²) in [6, 6.07) is 0. The number of thiophene rings is 1. The molecule has 1 aromatic heterocycles. The summed E-state index contributed by atoms with van der Waals surface area (Å²) in [6.07, 6.45) is 0.816. The molecule has 1 heterocycles. The lowest BCUT2D eigenvalue weighted by Gasteiger charge is -2.07. The van der Waals surface area contributed by atoms with Crippen LogP contribution in [-0.2, 0) is 19.1 Å². The molecule has 0 spiro atoms. The van der Waals surface area contributed by atoms with Gasteiger partial charge in [-0.25, -0.2) is 4.79 Å². The minimum absolute atomic E-state index is 0.0795. The fraction of sp³-hybridized carbons (Fsp3) is 0.562. The van der Waals surface area contributed by atoms with Gasteiger partial charge in [-0.15, -0.1) is 11.3 Å². The highest BCUT2D eigenvalue weighted by molar-refractivity contribution is 7.16. The van der Waals surface area contributed by atoms with Crippen LogP contribution in [0.3, 0.4) is 0 Å². The number of hydrogen-bond acceptors (Lipinski definition) is 6. The first-order chi connectivity index (χ1) is 10.8. The summed E-state index contributed by atoms with van der Waals surface area (Å²) >= 11 is 1.30. The van der Waals surface area contributed by atoms with E-state index in [9.17, 15) is 14.4 Å². The van der Waals surface area contributed by atoms with Gasteiger partial charge in [-0.2, -0.15) is 0 Å². The zero-order chi connectivity index (χ0) is 17.1. The van der Waals surface area contributed by atoms with E-state index in [0.29, 0.717) is 16.5 Å². The number of nitrogens with one attached hydrogen (secondary N) is 1. The SMILES string of the molecule is CCOC(=O)c1c(NC(=O)COC(=O)[C@H]2C[C@H]2C)sc(C)c1C. The van der Waals surface area contributed by atoms with E-state index in [4.69, 9.17) is 9.47 Å². The first-order valence-corrected chi connectivity index (χ1v) is 8.40. The summed E-state index contributed by atoms with van der Waals surface area (Å²) in [7, 11) is 0. The molecule has 0 bridgehead atoms. The van der Waals surface area contributed by atoms with E-state index < -0.39 is 11.9 Å². The number of esters is 2. The molecule has 0 saturated heterocycles. The van der Waals surface area contributed by atoms with Crippen molar-refractivity contribution in [2.75, 3.05) is 18.5 Å². The Balaban J connectivity index is 1.98. The van der Waals surface area contributed by atoms with Crippen LogP contribution in [0.25, 0.3) is 0 Å². The number of ether oxygens (including phenoxy) is 2. The molecular weight excluding hydrogens is 318 g/mol. The molecule has 0 radical (unpaired) electrons. The number of amides is 1. The van der Waals surface area contributed by atoms with Gasteiger partial charge < -0.3 is 14.8 Å². The Morgan fingerprint density at radius 2 is 1.91 bits per heavy atom. The van der Waals surface area contributed by atoms with Crippen LogP contribution in [-0.4, -0.2) is 31.1 Å². The van der Waals surface area contributed by atoms with Crippen LogP contribution < -0.4 is 5.32 Å². The Morgan fingerprint density at radius 1 is 1.26 bits per heavy atom. The lowest BCUT2D eigenvalue weighted by Crippen LogP contribution is -2.22.